The smallest absolute Gasteiger partial charge is 0.410 e. The molecule has 0 aliphatic carbocycles. The lowest BCUT2D eigenvalue weighted by atomic mass is 10.1. The second kappa shape index (κ2) is 6.49. The quantitative estimate of drug-likeness (QED) is 0.834. The number of ether oxygens (including phenoxy) is 1. The molecular formula is C18H26N2O4. The molecule has 2 saturated heterocycles. The minimum Gasteiger partial charge on any atom is -0.469 e. The summed E-state index contributed by atoms with van der Waals surface area (Å²) in [5, 5.41) is 0. The van der Waals surface area contributed by atoms with Gasteiger partial charge in [0.2, 0.25) is 5.91 Å². The number of amides is 2. The Balaban J connectivity index is 1.53. The van der Waals surface area contributed by atoms with Gasteiger partial charge in [-0.25, -0.2) is 4.79 Å². The number of likely N-dealkylation sites (tertiary alicyclic amines) is 2. The molecular weight excluding hydrogens is 308 g/mol. The minimum absolute atomic E-state index is 0.118. The van der Waals surface area contributed by atoms with E-state index in [1.807, 2.05) is 37.8 Å². The molecule has 3 heterocycles. The number of nitrogens with zero attached hydrogens (tertiary/aromatic N) is 2. The molecule has 2 fully saturated rings. The molecule has 24 heavy (non-hydrogen) atoms. The van der Waals surface area contributed by atoms with Crippen molar-refractivity contribution in [3.63, 3.8) is 0 Å². The summed E-state index contributed by atoms with van der Waals surface area (Å²) in [7, 11) is 0. The third-order valence-corrected chi connectivity index (χ3v) is 4.63. The van der Waals surface area contributed by atoms with Gasteiger partial charge in [0.05, 0.1) is 12.2 Å². The summed E-state index contributed by atoms with van der Waals surface area (Å²) in [5.41, 5.74) is -0.510. The van der Waals surface area contributed by atoms with Gasteiger partial charge < -0.3 is 19.0 Å². The van der Waals surface area contributed by atoms with Gasteiger partial charge in [0.15, 0.2) is 0 Å². The molecule has 0 saturated carbocycles. The van der Waals surface area contributed by atoms with Crippen LogP contribution in [0.15, 0.2) is 22.8 Å². The normalized spacial score (nSPS) is 24.5. The highest BCUT2D eigenvalue weighted by Crippen LogP contribution is 2.30. The van der Waals surface area contributed by atoms with E-state index in [0.29, 0.717) is 26.1 Å². The fraction of sp³-hybridized carbons (Fsp3) is 0.667. The molecule has 0 aromatic carbocycles. The molecule has 2 aliphatic rings. The zero-order valence-electron chi connectivity index (χ0n) is 14.7. The highest BCUT2D eigenvalue weighted by Gasteiger charge is 2.38. The SMILES string of the molecule is CC(C)(C)OC(=O)N1CC[C@H](C(=O)N2CC[C@@H](c3ccco3)C2)C1. The van der Waals surface area contributed by atoms with Gasteiger partial charge >= 0.3 is 6.09 Å². The van der Waals surface area contributed by atoms with E-state index in [0.717, 1.165) is 18.7 Å². The summed E-state index contributed by atoms with van der Waals surface area (Å²) in [4.78, 5) is 28.4. The van der Waals surface area contributed by atoms with Crippen LogP contribution in [0.5, 0.6) is 0 Å². The summed E-state index contributed by atoms with van der Waals surface area (Å²) in [6.07, 6.45) is 2.99. The molecule has 0 bridgehead atoms. The zero-order chi connectivity index (χ0) is 17.3. The van der Waals surface area contributed by atoms with Gasteiger partial charge in [-0.3, -0.25) is 4.79 Å². The molecule has 0 N–H and O–H groups in total. The van der Waals surface area contributed by atoms with E-state index in [-0.39, 0.29) is 23.8 Å². The molecule has 0 unspecified atom stereocenters. The molecule has 0 spiro atoms. The van der Waals surface area contributed by atoms with Gasteiger partial charge in [-0.15, -0.1) is 0 Å². The lowest BCUT2D eigenvalue weighted by molar-refractivity contribution is -0.134. The molecule has 2 amide bonds. The summed E-state index contributed by atoms with van der Waals surface area (Å²) in [5.74, 6) is 1.27. The number of hydrogen-bond acceptors (Lipinski definition) is 4. The van der Waals surface area contributed by atoms with Crippen LogP contribution in [-0.4, -0.2) is 53.6 Å². The first-order valence-electron chi connectivity index (χ1n) is 8.63. The first kappa shape index (κ1) is 16.9. The first-order valence-corrected chi connectivity index (χ1v) is 8.63. The molecule has 6 heteroatoms. The van der Waals surface area contributed by atoms with Gasteiger partial charge in [0, 0.05) is 32.1 Å². The van der Waals surface area contributed by atoms with E-state index in [1.54, 1.807) is 11.2 Å². The maximum absolute atomic E-state index is 12.7. The number of furan rings is 1. The predicted molar refractivity (Wildman–Crippen MR) is 88.6 cm³/mol. The maximum Gasteiger partial charge on any atom is 0.410 e. The number of carbonyl (C=O) groups is 2. The Labute approximate surface area is 142 Å². The number of carbonyl (C=O) groups excluding carboxylic acids is 2. The van der Waals surface area contributed by atoms with Crippen LogP contribution < -0.4 is 0 Å². The van der Waals surface area contributed by atoms with Crippen molar-refractivity contribution in [2.75, 3.05) is 26.2 Å². The Hall–Kier alpha value is -1.98. The fourth-order valence-electron chi connectivity index (χ4n) is 3.43. The molecule has 2 atom stereocenters. The standard InChI is InChI=1S/C18H26N2O4/c1-18(2,3)24-17(22)20-9-7-14(12-20)16(21)19-8-6-13(11-19)15-5-4-10-23-15/h4-5,10,13-14H,6-9,11-12H2,1-3H3/t13-,14+/m1/s1. The van der Waals surface area contributed by atoms with E-state index < -0.39 is 5.60 Å². The summed E-state index contributed by atoms with van der Waals surface area (Å²) in [6, 6.07) is 3.86. The fourth-order valence-corrected chi connectivity index (χ4v) is 3.43. The Morgan fingerprint density at radius 2 is 1.92 bits per heavy atom. The van der Waals surface area contributed by atoms with Crippen LogP contribution >= 0.6 is 0 Å². The summed E-state index contributed by atoms with van der Waals surface area (Å²) >= 11 is 0. The van der Waals surface area contributed by atoms with Crippen molar-refractivity contribution in [1.29, 1.82) is 0 Å². The Morgan fingerprint density at radius 1 is 1.17 bits per heavy atom. The second-order valence-electron chi connectivity index (χ2n) is 7.70. The van der Waals surface area contributed by atoms with Gasteiger partial charge in [0.1, 0.15) is 11.4 Å². The third kappa shape index (κ3) is 3.74. The zero-order valence-corrected chi connectivity index (χ0v) is 14.7. The van der Waals surface area contributed by atoms with E-state index in [4.69, 9.17) is 9.15 Å². The highest BCUT2D eigenvalue weighted by atomic mass is 16.6. The van der Waals surface area contributed by atoms with Crippen molar-refractivity contribution >= 4 is 12.0 Å². The van der Waals surface area contributed by atoms with E-state index >= 15 is 0 Å². The van der Waals surface area contributed by atoms with Gasteiger partial charge in [-0.1, -0.05) is 0 Å². The highest BCUT2D eigenvalue weighted by molar-refractivity contribution is 5.81. The van der Waals surface area contributed by atoms with E-state index in [9.17, 15) is 9.59 Å². The molecule has 3 rings (SSSR count). The summed E-state index contributed by atoms with van der Waals surface area (Å²) in [6.45, 7) is 8.05. The Morgan fingerprint density at radius 3 is 2.58 bits per heavy atom. The lowest BCUT2D eigenvalue weighted by Crippen LogP contribution is -2.38. The monoisotopic (exact) mass is 334 g/mol. The van der Waals surface area contributed by atoms with Gasteiger partial charge in [-0.2, -0.15) is 0 Å². The van der Waals surface area contributed by atoms with Crippen LogP contribution in [0, 0.1) is 5.92 Å². The largest absolute Gasteiger partial charge is 0.469 e. The second-order valence-corrected chi connectivity index (χ2v) is 7.70. The summed E-state index contributed by atoms with van der Waals surface area (Å²) < 4.78 is 10.8. The third-order valence-electron chi connectivity index (χ3n) is 4.63. The van der Waals surface area contributed by atoms with Crippen molar-refractivity contribution in [2.45, 2.75) is 45.1 Å². The van der Waals surface area contributed by atoms with Crippen LogP contribution in [0.2, 0.25) is 0 Å². The van der Waals surface area contributed by atoms with Crippen molar-refractivity contribution in [2.24, 2.45) is 5.92 Å². The average molecular weight is 334 g/mol. The van der Waals surface area contributed by atoms with Crippen molar-refractivity contribution < 1.29 is 18.7 Å². The number of hydrogen-bond donors (Lipinski definition) is 0. The van der Waals surface area contributed by atoms with Crippen LogP contribution in [-0.2, 0) is 9.53 Å². The lowest BCUT2D eigenvalue weighted by Gasteiger charge is -2.25. The van der Waals surface area contributed by atoms with Crippen molar-refractivity contribution in [3.05, 3.63) is 24.2 Å². The van der Waals surface area contributed by atoms with Crippen molar-refractivity contribution in [3.8, 4) is 0 Å². The topological polar surface area (TPSA) is 63.0 Å². The Kier molecular flexibility index (Phi) is 4.56. The van der Waals surface area contributed by atoms with Gasteiger partial charge in [0.25, 0.3) is 0 Å². The van der Waals surface area contributed by atoms with E-state index in [2.05, 4.69) is 0 Å². The predicted octanol–water partition coefficient (Wildman–Crippen LogP) is 2.85. The first-order chi connectivity index (χ1) is 11.3. The van der Waals surface area contributed by atoms with Crippen LogP contribution in [0.3, 0.4) is 0 Å². The molecule has 1 aromatic heterocycles. The molecule has 6 nitrogen and oxygen atoms in total. The van der Waals surface area contributed by atoms with Crippen molar-refractivity contribution in [1.82, 2.24) is 9.80 Å². The molecule has 1 aromatic rings. The molecule has 132 valence electrons. The molecule has 0 radical (unpaired) electrons. The van der Waals surface area contributed by atoms with Crippen LogP contribution in [0.4, 0.5) is 4.79 Å². The number of rotatable bonds is 2. The average Bonchev–Trinajstić information content (AvgIpc) is 3.24. The maximum atomic E-state index is 12.7. The van der Waals surface area contributed by atoms with Crippen LogP contribution in [0.1, 0.15) is 45.3 Å². The van der Waals surface area contributed by atoms with E-state index in [1.165, 1.54) is 0 Å². The Bertz CT molecular complexity index is 591. The molecule has 2 aliphatic heterocycles. The minimum atomic E-state index is -0.510. The van der Waals surface area contributed by atoms with Gasteiger partial charge in [-0.05, 0) is 45.7 Å². The van der Waals surface area contributed by atoms with Crippen LogP contribution in [0.25, 0.3) is 0 Å².